The summed E-state index contributed by atoms with van der Waals surface area (Å²) in [6.45, 7) is 0. The molecule has 0 saturated heterocycles. The first kappa shape index (κ1) is 32.9. The van der Waals surface area contributed by atoms with Gasteiger partial charge in [0.05, 0.1) is 0 Å². The van der Waals surface area contributed by atoms with Crippen LogP contribution in [0.15, 0.2) is 197 Å². The van der Waals surface area contributed by atoms with Crippen LogP contribution in [-0.2, 0) is 0 Å². The third-order valence-corrected chi connectivity index (χ3v) is 12.1. The van der Waals surface area contributed by atoms with Crippen LogP contribution < -0.4 is 0 Å². The van der Waals surface area contributed by atoms with Crippen LogP contribution in [-0.4, -0.2) is 15.0 Å². The second-order valence-electron chi connectivity index (χ2n) is 15.5. The molecule has 0 fully saturated rings. The minimum absolute atomic E-state index is 0.587. The molecule has 0 aliphatic rings. The highest BCUT2D eigenvalue weighted by atomic mass is 16.3. The van der Waals surface area contributed by atoms with Gasteiger partial charge in [-0.25, -0.2) is 15.0 Å². The van der Waals surface area contributed by atoms with Gasteiger partial charge in [-0.1, -0.05) is 140 Å². The average Bonchev–Trinajstić information content (AvgIpc) is 3.88. The minimum Gasteiger partial charge on any atom is -0.456 e. The topological polar surface area (TPSA) is 65.0 Å². The van der Waals surface area contributed by atoms with Crippen molar-refractivity contribution in [3.05, 3.63) is 188 Å². The Balaban J connectivity index is 1.04. The van der Waals surface area contributed by atoms with Crippen molar-refractivity contribution < 1.29 is 8.83 Å². The van der Waals surface area contributed by atoms with Crippen LogP contribution in [0.3, 0.4) is 0 Å². The largest absolute Gasteiger partial charge is 0.456 e. The molecule has 0 aliphatic heterocycles. The first-order valence-corrected chi connectivity index (χ1v) is 20.2. The quantitative estimate of drug-likeness (QED) is 0.167. The number of rotatable bonds is 4. The Labute approximate surface area is 342 Å². The molecule has 0 spiro atoms. The molecule has 13 rings (SSSR count). The van der Waals surface area contributed by atoms with Crippen LogP contribution >= 0.6 is 0 Å². The highest BCUT2D eigenvalue weighted by Crippen LogP contribution is 2.41. The molecule has 278 valence electrons. The molecule has 0 saturated carbocycles. The lowest BCUT2D eigenvalue weighted by Crippen LogP contribution is -2.01. The summed E-state index contributed by atoms with van der Waals surface area (Å²) in [5.74, 6) is 1.80. The lowest BCUT2D eigenvalue weighted by Gasteiger charge is -2.15. The standard InChI is InChI=1S/C55H31N3O2/c1-2-13-36-33(12-1)30-47(41-17-6-4-14-38(36)41)55-57-53(56-54(58-55)45-20-11-23-50-52(45)44-19-8-10-22-49(44)59-50)43-27-26-37(39-15-3-5-16-40(39)43)34-25-24-32-29-46-42-18-7-9-21-48(42)60-51(46)31-35(32)28-34/h1-31H. The van der Waals surface area contributed by atoms with E-state index in [1.54, 1.807) is 0 Å². The summed E-state index contributed by atoms with van der Waals surface area (Å²) in [7, 11) is 0. The first-order chi connectivity index (χ1) is 29.7. The van der Waals surface area contributed by atoms with Crippen molar-refractivity contribution in [3.8, 4) is 45.3 Å². The van der Waals surface area contributed by atoms with Gasteiger partial charge in [0, 0.05) is 38.2 Å². The predicted octanol–water partition coefficient (Wildman–Crippen LogP) is 15.0. The molecule has 3 heterocycles. The van der Waals surface area contributed by atoms with E-state index in [0.29, 0.717) is 17.5 Å². The van der Waals surface area contributed by atoms with Gasteiger partial charge in [-0.3, -0.25) is 0 Å². The van der Waals surface area contributed by atoms with E-state index in [-0.39, 0.29) is 0 Å². The van der Waals surface area contributed by atoms with Crippen LogP contribution in [0.4, 0.5) is 0 Å². The summed E-state index contributed by atoms with van der Waals surface area (Å²) >= 11 is 0. The molecule has 0 aliphatic carbocycles. The fourth-order valence-electron chi connectivity index (χ4n) is 9.32. The zero-order valence-corrected chi connectivity index (χ0v) is 32.1. The summed E-state index contributed by atoms with van der Waals surface area (Å²) in [5, 5.41) is 13.3. The molecule has 10 aromatic carbocycles. The molecule has 5 nitrogen and oxygen atoms in total. The van der Waals surface area contributed by atoms with Crippen molar-refractivity contribution in [2.75, 3.05) is 0 Å². The molecule has 13 aromatic rings. The fourth-order valence-corrected chi connectivity index (χ4v) is 9.32. The summed E-state index contributed by atoms with van der Waals surface area (Å²) < 4.78 is 12.6. The van der Waals surface area contributed by atoms with Gasteiger partial charge in [0.2, 0.25) is 0 Å². The summed E-state index contributed by atoms with van der Waals surface area (Å²) in [6.07, 6.45) is 0. The van der Waals surface area contributed by atoms with E-state index in [1.807, 2.05) is 42.5 Å². The predicted molar refractivity (Wildman–Crippen MR) is 246 cm³/mol. The maximum absolute atomic E-state index is 6.35. The van der Waals surface area contributed by atoms with Gasteiger partial charge in [0.15, 0.2) is 17.5 Å². The highest BCUT2D eigenvalue weighted by molar-refractivity contribution is 6.15. The molecule has 0 N–H and O–H groups in total. The van der Waals surface area contributed by atoms with Crippen LogP contribution in [0.5, 0.6) is 0 Å². The number of hydrogen-bond donors (Lipinski definition) is 0. The molecule has 0 unspecified atom stereocenters. The third kappa shape index (κ3) is 4.96. The Morgan fingerprint density at radius 1 is 0.267 bits per heavy atom. The van der Waals surface area contributed by atoms with Crippen molar-refractivity contribution >= 4 is 87.0 Å². The number of hydrogen-bond acceptors (Lipinski definition) is 5. The van der Waals surface area contributed by atoms with E-state index >= 15 is 0 Å². The van der Waals surface area contributed by atoms with Crippen LogP contribution in [0.1, 0.15) is 0 Å². The van der Waals surface area contributed by atoms with E-state index in [4.69, 9.17) is 23.8 Å². The maximum atomic E-state index is 6.35. The Morgan fingerprint density at radius 3 is 1.63 bits per heavy atom. The zero-order chi connectivity index (χ0) is 39.3. The van der Waals surface area contributed by atoms with E-state index < -0.39 is 0 Å². The van der Waals surface area contributed by atoms with Crippen molar-refractivity contribution in [2.24, 2.45) is 0 Å². The van der Waals surface area contributed by atoms with Gasteiger partial charge < -0.3 is 8.83 Å². The summed E-state index contributed by atoms with van der Waals surface area (Å²) in [5.41, 5.74) is 8.44. The van der Waals surface area contributed by atoms with Crippen molar-refractivity contribution in [1.29, 1.82) is 0 Å². The van der Waals surface area contributed by atoms with Gasteiger partial charge in [-0.2, -0.15) is 0 Å². The third-order valence-electron chi connectivity index (χ3n) is 12.1. The Hall–Kier alpha value is -8.15. The highest BCUT2D eigenvalue weighted by Gasteiger charge is 2.21. The Bertz CT molecular complexity index is 3910. The summed E-state index contributed by atoms with van der Waals surface area (Å²) in [4.78, 5) is 16.0. The van der Waals surface area contributed by atoms with Gasteiger partial charge in [0.1, 0.15) is 22.3 Å². The van der Waals surface area contributed by atoms with Crippen LogP contribution in [0.2, 0.25) is 0 Å². The van der Waals surface area contributed by atoms with E-state index in [2.05, 4.69) is 146 Å². The fraction of sp³-hybridized carbons (Fsp3) is 0. The smallest absolute Gasteiger partial charge is 0.164 e. The first-order valence-electron chi connectivity index (χ1n) is 20.2. The van der Waals surface area contributed by atoms with Gasteiger partial charge in [-0.05, 0) is 103 Å². The molecule has 0 radical (unpaired) electrons. The molecule has 0 bridgehead atoms. The number of nitrogens with zero attached hydrogens (tertiary/aromatic N) is 3. The summed E-state index contributed by atoms with van der Waals surface area (Å²) in [6, 6.07) is 65.8. The van der Waals surface area contributed by atoms with Gasteiger partial charge >= 0.3 is 0 Å². The number of furan rings is 2. The second kappa shape index (κ2) is 12.7. The number of benzene rings is 10. The molecular formula is C55H31N3O2. The van der Waals surface area contributed by atoms with E-state index in [9.17, 15) is 0 Å². The van der Waals surface area contributed by atoms with Gasteiger partial charge in [0.25, 0.3) is 0 Å². The normalized spacial score (nSPS) is 12.0. The molecule has 3 aromatic heterocycles. The molecule has 0 atom stereocenters. The molecule has 60 heavy (non-hydrogen) atoms. The van der Waals surface area contributed by atoms with Crippen molar-refractivity contribution in [1.82, 2.24) is 15.0 Å². The average molecular weight is 766 g/mol. The zero-order valence-electron chi connectivity index (χ0n) is 32.1. The molecule has 0 amide bonds. The number of fused-ring (bicyclic) bond motifs is 11. The SMILES string of the molecule is c1ccc2c(c1)cc(-c1nc(-c3ccc(-c4ccc5cc6c(cc5c4)oc4ccccc46)c4ccccc34)nc(-c3cccc4oc5ccccc5c34)n1)c1ccccc12. The van der Waals surface area contributed by atoms with E-state index in [0.717, 1.165) is 104 Å². The second-order valence-corrected chi connectivity index (χ2v) is 15.5. The molecule has 5 heteroatoms. The number of para-hydroxylation sites is 2. The lowest BCUT2D eigenvalue weighted by molar-refractivity contribution is 0.669. The monoisotopic (exact) mass is 765 g/mol. The Kier molecular flexibility index (Phi) is 6.95. The van der Waals surface area contributed by atoms with Crippen LogP contribution in [0.25, 0.3) is 132 Å². The number of aromatic nitrogens is 3. The Morgan fingerprint density at radius 2 is 0.833 bits per heavy atom. The lowest BCUT2D eigenvalue weighted by atomic mass is 9.93. The van der Waals surface area contributed by atoms with Crippen molar-refractivity contribution in [3.63, 3.8) is 0 Å². The molecular weight excluding hydrogens is 735 g/mol. The van der Waals surface area contributed by atoms with Crippen LogP contribution in [0, 0.1) is 0 Å². The van der Waals surface area contributed by atoms with E-state index in [1.165, 1.54) is 10.8 Å². The van der Waals surface area contributed by atoms with Gasteiger partial charge in [-0.15, -0.1) is 0 Å². The maximum Gasteiger partial charge on any atom is 0.164 e. The van der Waals surface area contributed by atoms with Crippen molar-refractivity contribution in [2.45, 2.75) is 0 Å². The minimum atomic E-state index is 0.587.